The number of rotatable bonds is 12. The molecule has 1 saturated carbocycles. The van der Waals surface area contributed by atoms with E-state index in [2.05, 4.69) is 5.32 Å². The monoisotopic (exact) mass is 629 g/mol. The van der Waals surface area contributed by atoms with Gasteiger partial charge in [0, 0.05) is 12.6 Å². The van der Waals surface area contributed by atoms with Crippen LogP contribution in [0.25, 0.3) is 0 Å². The zero-order chi connectivity index (χ0) is 31.7. The van der Waals surface area contributed by atoms with E-state index in [0.29, 0.717) is 10.7 Å². The number of amides is 2. The third-order valence-corrected chi connectivity index (χ3v) is 9.68. The second-order valence-corrected chi connectivity index (χ2v) is 12.8. The van der Waals surface area contributed by atoms with Crippen LogP contribution in [0.1, 0.15) is 56.6 Å². The van der Waals surface area contributed by atoms with E-state index in [9.17, 15) is 31.2 Å². The molecule has 0 heterocycles. The van der Waals surface area contributed by atoms with Crippen LogP contribution in [-0.4, -0.2) is 50.3 Å². The van der Waals surface area contributed by atoms with Gasteiger partial charge in [-0.05, 0) is 61.6 Å². The van der Waals surface area contributed by atoms with Crippen LogP contribution < -0.4 is 9.62 Å². The minimum absolute atomic E-state index is 0.00330. The molecule has 7 nitrogen and oxygen atoms in total. The normalized spacial score (nSPS) is 14.9. The van der Waals surface area contributed by atoms with Crippen LogP contribution in [0.2, 0.25) is 0 Å². The van der Waals surface area contributed by atoms with Gasteiger partial charge in [-0.2, -0.15) is 13.2 Å². The van der Waals surface area contributed by atoms with Gasteiger partial charge in [-0.3, -0.25) is 13.9 Å². The van der Waals surface area contributed by atoms with Crippen LogP contribution in [0.4, 0.5) is 18.9 Å². The Labute approximate surface area is 257 Å². The van der Waals surface area contributed by atoms with Crippen molar-refractivity contribution in [2.75, 3.05) is 17.4 Å². The third-order valence-electron chi connectivity index (χ3n) is 7.89. The molecule has 1 atom stereocenters. The Morgan fingerprint density at radius 2 is 1.55 bits per heavy atom. The first kappa shape index (κ1) is 33.0. The molecular formula is C33H38F3N3O4S. The number of benzene rings is 3. The quantitative estimate of drug-likeness (QED) is 0.259. The molecule has 1 fully saturated rings. The van der Waals surface area contributed by atoms with Crippen LogP contribution in [0.3, 0.4) is 0 Å². The molecule has 11 heteroatoms. The maximum atomic E-state index is 14.1. The standard InChI is InChI=1S/C33H38F3N3O4S/c1-2-30(32(41)37-27-16-8-4-9-17-27)38(22-21-25-13-6-3-7-14-25)31(40)24-39(44(42,43)29-19-10-5-11-20-29)28-18-12-15-26(23-28)33(34,35)36/h3,5-7,10-15,18-20,23,27,30H,2,4,8-9,16-17,21-22,24H2,1H3,(H,37,41)/t30-/m1/s1. The predicted molar refractivity (Wildman–Crippen MR) is 163 cm³/mol. The molecule has 0 aliphatic heterocycles. The molecule has 2 amide bonds. The lowest BCUT2D eigenvalue weighted by Crippen LogP contribution is -2.54. The van der Waals surface area contributed by atoms with Gasteiger partial charge in [0.15, 0.2) is 0 Å². The average molecular weight is 630 g/mol. The molecule has 0 spiro atoms. The molecule has 3 aromatic rings. The van der Waals surface area contributed by atoms with Gasteiger partial charge in [0.1, 0.15) is 12.6 Å². The summed E-state index contributed by atoms with van der Waals surface area (Å²) in [5.74, 6) is -1.01. The zero-order valence-corrected chi connectivity index (χ0v) is 25.5. The Morgan fingerprint density at radius 3 is 2.16 bits per heavy atom. The number of hydrogen-bond acceptors (Lipinski definition) is 4. The van der Waals surface area contributed by atoms with E-state index < -0.39 is 40.3 Å². The molecule has 44 heavy (non-hydrogen) atoms. The SMILES string of the molecule is CC[C@H](C(=O)NC1CCCCC1)N(CCc1ccccc1)C(=O)CN(c1cccc(C(F)(F)F)c1)S(=O)(=O)c1ccccc1. The fraction of sp³-hybridized carbons (Fsp3) is 0.394. The number of sulfonamides is 1. The highest BCUT2D eigenvalue weighted by atomic mass is 32.2. The Balaban J connectivity index is 1.70. The second-order valence-electron chi connectivity index (χ2n) is 11.0. The lowest BCUT2D eigenvalue weighted by Gasteiger charge is -2.34. The van der Waals surface area contributed by atoms with Crippen molar-refractivity contribution in [3.63, 3.8) is 0 Å². The van der Waals surface area contributed by atoms with Crippen molar-refractivity contribution in [1.29, 1.82) is 0 Å². The largest absolute Gasteiger partial charge is 0.416 e. The van der Waals surface area contributed by atoms with E-state index in [1.807, 2.05) is 30.3 Å². The molecule has 4 rings (SSSR count). The third kappa shape index (κ3) is 8.40. The average Bonchev–Trinajstić information content (AvgIpc) is 3.02. The highest BCUT2D eigenvalue weighted by Gasteiger charge is 2.36. The van der Waals surface area contributed by atoms with E-state index in [1.54, 1.807) is 13.0 Å². The molecule has 1 aliphatic rings. The Bertz CT molecular complexity index is 1500. The Kier molecular flexibility index (Phi) is 11.1. The molecule has 0 radical (unpaired) electrons. The number of nitrogens with zero attached hydrogens (tertiary/aromatic N) is 2. The Morgan fingerprint density at radius 1 is 0.909 bits per heavy atom. The summed E-state index contributed by atoms with van der Waals surface area (Å²) >= 11 is 0. The highest BCUT2D eigenvalue weighted by molar-refractivity contribution is 7.92. The van der Waals surface area contributed by atoms with E-state index in [4.69, 9.17) is 0 Å². The summed E-state index contributed by atoms with van der Waals surface area (Å²) in [5, 5.41) is 3.08. The summed E-state index contributed by atoms with van der Waals surface area (Å²) in [7, 11) is -4.47. The number of alkyl halides is 3. The fourth-order valence-corrected chi connectivity index (χ4v) is 6.95. The van der Waals surface area contributed by atoms with E-state index in [-0.39, 0.29) is 35.5 Å². The topological polar surface area (TPSA) is 86.8 Å². The van der Waals surface area contributed by atoms with Crippen molar-refractivity contribution in [1.82, 2.24) is 10.2 Å². The lowest BCUT2D eigenvalue weighted by molar-refractivity contribution is -0.140. The van der Waals surface area contributed by atoms with Crippen LogP contribution >= 0.6 is 0 Å². The molecule has 1 N–H and O–H groups in total. The van der Waals surface area contributed by atoms with Crippen molar-refractivity contribution < 1.29 is 31.2 Å². The fourth-order valence-electron chi connectivity index (χ4n) is 5.53. The minimum Gasteiger partial charge on any atom is -0.352 e. The number of carbonyl (C=O) groups is 2. The molecule has 0 saturated heterocycles. The zero-order valence-electron chi connectivity index (χ0n) is 24.7. The molecule has 0 unspecified atom stereocenters. The number of hydrogen-bond donors (Lipinski definition) is 1. The molecule has 1 aliphatic carbocycles. The van der Waals surface area contributed by atoms with Crippen molar-refractivity contribution in [3.05, 3.63) is 96.1 Å². The van der Waals surface area contributed by atoms with Gasteiger partial charge >= 0.3 is 6.18 Å². The number of carbonyl (C=O) groups excluding carboxylic acids is 2. The van der Waals surface area contributed by atoms with Crippen LogP contribution in [0.15, 0.2) is 89.8 Å². The molecule has 3 aromatic carbocycles. The maximum Gasteiger partial charge on any atom is 0.416 e. The first-order chi connectivity index (χ1) is 21.0. The van der Waals surface area contributed by atoms with Gasteiger partial charge in [0.25, 0.3) is 10.0 Å². The van der Waals surface area contributed by atoms with Crippen LogP contribution in [0.5, 0.6) is 0 Å². The number of halogens is 3. The summed E-state index contributed by atoms with van der Waals surface area (Å²) in [6.45, 7) is 1.10. The minimum atomic E-state index is -4.73. The maximum absolute atomic E-state index is 14.1. The van der Waals surface area contributed by atoms with Crippen molar-refractivity contribution in [2.24, 2.45) is 0 Å². The molecule has 0 bridgehead atoms. The van der Waals surface area contributed by atoms with Gasteiger partial charge in [-0.15, -0.1) is 0 Å². The summed E-state index contributed by atoms with van der Waals surface area (Å²) in [6.07, 6.45) is 0.741. The van der Waals surface area contributed by atoms with Crippen LogP contribution in [0, 0.1) is 0 Å². The van der Waals surface area contributed by atoms with E-state index in [1.165, 1.54) is 35.2 Å². The summed E-state index contributed by atoms with van der Waals surface area (Å²) in [6, 6.07) is 19.6. The summed E-state index contributed by atoms with van der Waals surface area (Å²) < 4.78 is 69.4. The number of anilines is 1. The first-order valence-corrected chi connectivity index (χ1v) is 16.3. The molecule has 0 aromatic heterocycles. The number of nitrogens with one attached hydrogen (secondary N) is 1. The van der Waals surface area contributed by atoms with Gasteiger partial charge in [-0.25, -0.2) is 8.42 Å². The second kappa shape index (κ2) is 14.7. The highest BCUT2D eigenvalue weighted by Crippen LogP contribution is 2.33. The van der Waals surface area contributed by atoms with E-state index >= 15 is 0 Å². The van der Waals surface area contributed by atoms with E-state index in [0.717, 1.165) is 55.9 Å². The Hall–Kier alpha value is -3.86. The predicted octanol–water partition coefficient (Wildman–Crippen LogP) is 6.20. The van der Waals surface area contributed by atoms with Gasteiger partial charge in [-0.1, -0.05) is 80.8 Å². The molecular weight excluding hydrogens is 591 g/mol. The van der Waals surface area contributed by atoms with Crippen molar-refractivity contribution in [2.45, 2.75) is 75.0 Å². The van der Waals surface area contributed by atoms with Gasteiger partial charge in [0.05, 0.1) is 16.1 Å². The summed E-state index contributed by atoms with van der Waals surface area (Å²) in [4.78, 5) is 28.9. The van der Waals surface area contributed by atoms with Crippen molar-refractivity contribution >= 4 is 27.5 Å². The van der Waals surface area contributed by atoms with Crippen LogP contribution in [-0.2, 0) is 32.2 Å². The van der Waals surface area contributed by atoms with Gasteiger partial charge < -0.3 is 10.2 Å². The molecule has 236 valence electrons. The first-order valence-electron chi connectivity index (χ1n) is 14.9. The van der Waals surface area contributed by atoms with Crippen molar-refractivity contribution in [3.8, 4) is 0 Å². The smallest absolute Gasteiger partial charge is 0.352 e. The summed E-state index contributed by atoms with van der Waals surface area (Å²) in [5.41, 5.74) is -0.436. The van der Waals surface area contributed by atoms with Gasteiger partial charge in [0.2, 0.25) is 11.8 Å². The lowest BCUT2D eigenvalue weighted by atomic mass is 9.95.